The Morgan fingerprint density at radius 2 is 2.36 bits per heavy atom. The minimum absolute atomic E-state index is 0.0175. The average Bonchev–Trinajstić information content (AvgIpc) is 2.28. The van der Waals surface area contributed by atoms with Crippen molar-refractivity contribution in [2.45, 2.75) is 26.2 Å². The van der Waals surface area contributed by atoms with E-state index in [1.54, 1.807) is 11.6 Å². The lowest BCUT2D eigenvalue weighted by atomic mass is 10.2. The van der Waals surface area contributed by atoms with Gasteiger partial charge in [0.2, 0.25) is 0 Å². The molecule has 0 spiro atoms. The molecule has 11 heavy (non-hydrogen) atoms. The molecule has 0 fully saturated rings. The molecule has 0 aliphatic carbocycles. The molecule has 3 nitrogen and oxygen atoms in total. The van der Waals surface area contributed by atoms with Crippen LogP contribution in [0.15, 0.2) is 11.0 Å². The van der Waals surface area contributed by atoms with Gasteiger partial charge >= 0.3 is 5.69 Å². The first kappa shape index (κ1) is 8.11. The van der Waals surface area contributed by atoms with Gasteiger partial charge in [-0.05, 0) is 12.8 Å². The highest BCUT2D eigenvalue weighted by Gasteiger charge is 1.96. The van der Waals surface area contributed by atoms with Crippen molar-refractivity contribution in [2.24, 2.45) is 7.05 Å². The van der Waals surface area contributed by atoms with Crippen molar-refractivity contribution in [3.8, 4) is 0 Å². The standard InChI is InChI=1S/C8H14N2O/c1-3-4-5-7-6-10(2)8(11)9-7/h6H,3-5H2,1-2H3,(H,9,11). The van der Waals surface area contributed by atoms with E-state index >= 15 is 0 Å². The van der Waals surface area contributed by atoms with Crippen LogP contribution in [0, 0.1) is 0 Å². The van der Waals surface area contributed by atoms with E-state index in [2.05, 4.69) is 11.9 Å². The van der Waals surface area contributed by atoms with Crippen LogP contribution in [0.2, 0.25) is 0 Å². The second-order valence-electron chi connectivity index (χ2n) is 2.80. The first-order chi connectivity index (χ1) is 5.24. The predicted octanol–water partition coefficient (Wildman–Crippen LogP) is 1.06. The number of H-pyrrole nitrogens is 1. The molecule has 0 aliphatic rings. The molecule has 0 atom stereocenters. The molecule has 0 saturated carbocycles. The molecule has 0 aromatic carbocycles. The quantitative estimate of drug-likeness (QED) is 0.694. The second-order valence-corrected chi connectivity index (χ2v) is 2.80. The van der Waals surface area contributed by atoms with E-state index in [0.717, 1.165) is 25.0 Å². The van der Waals surface area contributed by atoms with Gasteiger partial charge < -0.3 is 9.55 Å². The Bertz CT molecular complexity index is 272. The van der Waals surface area contributed by atoms with E-state index in [9.17, 15) is 4.79 Å². The highest BCUT2D eigenvalue weighted by Crippen LogP contribution is 1.98. The lowest BCUT2D eigenvalue weighted by Gasteiger charge is -1.91. The van der Waals surface area contributed by atoms with E-state index in [4.69, 9.17) is 0 Å². The van der Waals surface area contributed by atoms with E-state index < -0.39 is 0 Å². The van der Waals surface area contributed by atoms with Crippen LogP contribution < -0.4 is 5.69 Å². The number of rotatable bonds is 3. The number of nitrogens with one attached hydrogen (secondary N) is 1. The van der Waals surface area contributed by atoms with Gasteiger partial charge in [-0.15, -0.1) is 0 Å². The van der Waals surface area contributed by atoms with Gasteiger partial charge in [0.1, 0.15) is 0 Å². The molecule has 0 aliphatic heterocycles. The Morgan fingerprint density at radius 3 is 2.82 bits per heavy atom. The number of aryl methyl sites for hydroxylation is 2. The summed E-state index contributed by atoms with van der Waals surface area (Å²) in [6.07, 6.45) is 5.14. The molecule has 0 amide bonds. The van der Waals surface area contributed by atoms with E-state index in [1.165, 1.54) is 0 Å². The highest BCUT2D eigenvalue weighted by atomic mass is 16.1. The van der Waals surface area contributed by atoms with Crippen LogP contribution >= 0.6 is 0 Å². The van der Waals surface area contributed by atoms with Gasteiger partial charge in [-0.25, -0.2) is 4.79 Å². The molecule has 0 unspecified atom stereocenters. The molecular weight excluding hydrogens is 140 g/mol. The summed E-state index contributed by atoms with van der Waals surface area (Å²) in [7, 11) is 1.76. The van der Waals surface area contributed by atoms with Gasteiger partial charge in [0.05, 0.1) is 0 Å². The first-order valence-corrected chi connectivity index (χ1v) is 3.98. The number of aromatic nitrogens is 2. The van der Waals surface area contributed by atoms with Crippen LogP contribution in [-0.2, 0) is 13.5 Å². The lowest BCUT2D eigenvalue weighted by Crippen LogP contribution is -2.11. The maximum absolute atomic E-state index is 10.9. The number of nitrogens with zero attached hydrogens (tertiary/aromatic N) is 1. The summed E-state index contributed by atoms with van der Waals surface area (Å²) in [5.41, 5.74) is 1.02. The molecule has 1 aromatic heterocycles. The molecule has 1 heterocycles. The maximum Gasteiger partial charge on any atom is 0.325 e. The molecule has 0 radical (unpaired) electrons. The Kier molecular flexibility index (Phi) is 2.52. The predicted molar refractivity (Wildman–Crippen MR) is 44.6 cm³/mol. The first-order valence-electron chi connectivity index (χ1n) is 3.98. The normalized spacial score (nSPS) is 10.4. The smallest absolute Gasteiger partial charge is 0.310 e. The van der Waals surface area contributed by atoms with Crippen LogP contribution in [0.3, 0.4) is 0 Å². The third-order valence-electron chi connectivity index (χ3n) is 1.74. The second kappa shape index (κ2) is 3.42. The summed E-state index contributed by atoms with van der Waals surface area (Å²) >= 11 is 0. The summed E-state index contributed by atoms with van der Waals surface area (Å²) in [5, 5.41) is 0. The van der Waals surface area contributed by atoms with Crippen molar-refractivity contribution >= 4 is 0 Å². The lowest BCUT2D eigenvalue weighted by molar-refractivity contribution is 0.779. The van der Waals surface area contributed by atoms with Gasteiger partial charge in [-0.1, -0.05) is 13.3 Å². The minimum atomic E-state index is -0.0175. The fourth-order valence-electron chi connectivity index (χ4n) is 1.04. The third-order valence-corrected chi connectivity index (χ3v) is 1.74. The molecule has 1 aromatic rings. The Balaban J connectivity index is 2.65. The van der Waals surface area contributed by atoms with E-state index in [-0.39, 0.29) is 5.69 Å². The van der Waals surface area contributed by atoms with E-state index in [0.29, 0.717) is 0 Å². The van der Waals surface area contributed by atoms with Gasteiger partial charge in [-0.3, -0.25) is 0 Å². The van der Waals surface area contributed by atoms with Crippen LogP contribution in [0.25, 0.3) is 0 Å². The summed E-state index contributed by atoms with van der Waals surface area (Å²) in [6.45, 7) is 2.14. The zero-order valence-electron chi connectivity index (χ0n) is 7.05. The van der Waals surface area contributed by atoms with Crippen LogP contribution in [-0.4, -0.2) is 9.55 Å². The average molecular weight is 154 g/mol. The molecular formula is C8H14N2O. The van der Waals surface area contributed by atoms with Crippen molar-refractivity contribution in [1.29, 1.82) is 0 Å². The number of hydrogen-bond donors (Lipinski definition) is 1. The topological polar surface area (TPSA) is 37.8 Å². The van der Waals surface area contributed by atoms with Crippen molar-refractivity contribution in [3.63, 3.8) is 0 Å². The fraction of sp³-hybridized carbons (Fsp3) is 0.625. The zero-order valence-corrected chi connectivity index (χ0v) is 7.05. The summed E-state index contributed by atoms with van der Waals surface area (Å²) < 4.78 is 1.57. The van der Waals surface area contributed by atoms with Crippen molar-refractivity contribution in [3.05, 3.63) is 22.4 Å². The minimum Gasteiger partial charge on any atom is -0.310 e. The van der Waals surface area contributed by atoms with Crippen LogP contribution in [0.5, 0.6) is 0 Å². The summed E-state index contributed by atoms with van der Waals surface area (Å²) in [6, 6.07) is 0. The van der Waals surface area contributed by atoms with Crippen molar-refractivity contribution in [2.75, 3.05) is 0 Å². The van der Waals surface area contributed by atoms with Gasteiger partial charge in [0.15, 0.2) is 0 Å². The third kappa shape index (κ3) is 1.97. The molecule has 1 N–H and O–H groups in total. The van der Waals surface area contributed by atoms with Crippen molar-refractivity contribution < 1.29 is 0 Å². The van der Waals surface area contributed by atoms with Gasteiger partial charge in [-0.2, -0.15) is 0 Å². The SMILES string of the molecule is CCCCc1cn(C)c(=O)[nH]1. The monoisotopic (exact) mass is 154 g/mol. The Morgan fingerprint density at radius 1 is 1.64 bits per heavy atom. The highest BCUT2D eigenvalue weighted by molar-refractivity contribution is 4.96. The molecule has 62 valence electrons. The summed E-state index contributed by atoms with van der Waals surface area (Å²) in [5.74, 6) is 0. The number of imidazole rings is 1. The molecule has 0 saturated heterocycles. The summed E-state index contributed by atoms with van der Waals surface area (Å²) in [4.78, 5) is 13.7. The van der Waals surface area contributed by atoms with Gasteiger partial charge in [0, 0.05) is 18.9 Å². The number of aromatic amines is 1. The fourth-order valence-corrected chi connectivity index (χ4v) is 1.04. The zero-order chi connectivity index (χ0) is 8.27. The van der Waals surface area contributed by atoms with E-state index in [1.807, 2.05) is 6.20 Å². The molecule has 0 bridgehead atoms. The van der Waals surface area contributed by atoms with Crippen LogP contribution in [0.4, 0.5) is 0 Å². The van der Waals surface area contributed by atoms with Gasteiger partial charge in [0.25, 0.3) is 0 Å². The number of unbranched alkanes of at least 4 members (excludes halogenated alkanes) is 1. The Hall–Kier alpha value is -0.990. The van der Waals surface area contributed by atoms with Crippen LogP contribution in [0.1, 0.15) is 25.5 Å². The van der Waals surface area contributed by atoms with Crippen molar-refractivity contribution in [1.82, 2.24) is 9.55 Å². The largest absolute Gasteiger partial charge is 0.325 e. The molecule has 3 heteroatoms. The molecule has 1 rings (SSSR count). The maximum atomic E-state index is 10.9. The Labute approximate surface area is 66.1 Å². The number of hydrogen-bond acceptors (Lipinski definition) is 1.